The van der Waals surface area contributed by atoms with Gasteiger partial charge in [-0.3, -0.25) is 14.4 Å². The van der Waals surface area contributed by atoms with E-state index in [2.05, 4.69) is 5.32 Å². The van der Waals surface area contributed by atoms with E-state index in [-0.39, 0.29) is 30.5 Å². The quantitative estimate of drug-likeness (QED) is 0.620. The van der Waals surface area contributed by atoms with Crippen LogP contribution in [0.25, 0.3) is 0 Å². The highest BCUT2D eigenvalue weighted by Gasteiger charge is 2.21. The summed E-state index contributed by atoms with van der Waals surface area (Å²) in [6.07, 6.45) is -0.0364. The fourth-order valence-corrected chi connectivity index (χ4v) is 2.11. The number of ether oxygens (including phenoxy) is 1. The first-order chi connectivity index (χ1) is 12.6. The smallest absolute Gasteiger partial charge is 0.310 e. The molecule has 0 spiro atoms. The van der Waals surface area contributed by atoms with Gasteiger partial charge in [-0.2, -0.15) is 0 Å². The molecule has 0 aromatic heterocycles. The van der Waals surface area contributed by atoms with Gasteiger partial charge in [0.2, 0.25) is 5.91 Å². The molecule has 5 nitrogen and oxygen atoms in total. The standard InChI is InChI=1S/C21H22FNO4/c1-21(2,3)20(26)23-17-10-6-15(7-11-17)18(24)13-27-19(25)12-14-4-8-16(22)9-5-14/h4-11H,12-13H2,1-3H3,(H,23,26). The summed E-state index contributed by atoms with van der Waals surface area (Å²) in [6, 6.07) is 11.9. The molecule has 6 heteroatoms. The summed E-state index contributed by atoms with van der Waals surface area (Å²) >= 11 is 0. The van der Waals surface area contributed by atoms with E-state index in [0.717, 1.165) is 0 Å². The van der Waals surface area contributed by atoms with Crippen LogP contribution in [0.5, 0.6) is 0 Å². The maximum atomic E-state index is 12.8. The van der Waals surface area contributed by atoms with Crippen LogP contribution >= 0.6 is 0 Å². The van der Waals surface area contributed by atoms with Crippen LogP contribution in [-0.2, 0) is 20.7 Å². The van der Waals surface area contributed by atoms with Crippen molar-refractivity contribution >= 4 is 23.3 Å². The summed E-state index contributed by atoms with van der Waals surface area (Å²) in [6.45, 7) is 5.04. The van der Waals surface area contributed by atoms with E-state index in [4.69, 9.17) is 4.74 Å². The Balaban J connectivity index is 1.85. The number of hydrogen-bond acceptors (Lipinski definition) is 4. The van der Waals surface area contributed by atoms with E-state index >= 15 is 0 Å². The molecule has 2 aromatic rings. The summed E-state index contributed by atoms with van der Waals surface area (Å²) in [4.78, 5) is 35.9. The molecule has 1 N–H and O–H groups in total. The molecule has 0 bridgehead atoms. The van der Waals surface area contributed by atoms with Crippen molar-refractivity contribution in [2.45, 2.75) is 27.2 Å². The van der Waals surface area contributed by atoms with Crippen molar-refractivity contribution in [3.05, 3.63) is 65.5 Å². The third-order valence-electron chi connectivity index (χ3n) is 3.77. The molecule has 1 amide bonds. The van der Waals surface area contributed by atoms with E-state index in [1.807, 2.05) is 0 Å². The zero-order valence-corrected chi connectivity index (χ0v) is 15.5. The molecule has 142 valence electrons. The number of Topliss-reactive ketones (excluding diaryl/α,β-unsaturated/α-hetero) is 1. The zero-order chi connectivity index (χ0) is 20.0. The predicted molar refractivity (Wildman–Crippen MR) is 99.9 cm³/mol. The lowest BCUT2D eigenvalue weighted by Gasteiger charge is -2.17. The summed E-state index contributed by atoms with van der Waals surface area (Å²) in [5.41, 5.74) is 1.04. The Morgan fingerprint density at radius 1 is 0.963 bits per heavy atom. The Bertz CT molecular complexity index is 821. The van der Waals surface area contributed by atoms with Gasteiger partial charge in [0.1, 0.15) is 5.82 Å². The van der Waals surface area contributed by atoms with Crippen molar-refractivity contribution in [3.8, 4) is 0 Å². The first kappa shape index (κ1) is 20.3. The number of nitrogens with one attached hydrogen (secondary N) is 1. The van der Waals surface area contributed by atoms with Crippen molar-refractivity contribution < 1.29 is 23.5 Å². The fraction of sp³-hybridized carbons (Fsp3) is 0.286. The number of esters is 1. The number of hydrogen-bond donors (Lipinski definition) is 1. The molecule has 0 atom stereocenters. The second-order valence-electron chi connectivity index (χ2n) is 7.17. The number of rotatable bonds is 6. The van der Waals surface area contributed by atoms with Crippen LogP contribution in [0, 0.1) is 11.2 Å². The van der Waals surface area contributed by atoms with E-state index < -0.39 is 11.4 Å². The zero-order valence-electron chi connectivity index (χ0n) is 15.5. The summed E-state index contributed by atoms with van der Waals surface area (Å²) in [5.74, 6) is -1.43. The van der Waals surface area contributed by atoms with Crippen molar-refractivity contribution in [2.75, 3.05) is 11.9 Å². The minimum Gasteiger partial charge on any atom is -0.457 e. The van der Waals surface area contributed by atoms with Gasteiger partial charge in [0.25, 0.3) is 0 Å². The Hall–Kier alpha value is -3.02. The predicted octanol–water partition coefficient (Wildman–Crippen LogP) is 3.78. The minimum atomic E-state index is -0.566. The lowest BCUT2D eigenvalue weighted by molar-refractivity contribution is -0.141. The average Bonchev–Trinajstić information content (AvgIpc) is 2.61. The summed E-state index contributed by atoms with van der Waals surface area (Å²) < 4.78 is 17.8. The number of amides is 1. The van der Waals surface area contributed by atoms with Crippen molar-refractivity contribution in [1.82, 2.24) is 0 Å². The number of halogens is 1. The second kappa shape index (κ2) is 8.58. The van der Waals surface area contributed by atoms with Crippen LogP contribution in [0.2, 0.25) is 0 Å². The highest BCUT2D eigenvalue weighted by molar-refractivity contribution is 5.99. The lowest BCUT2D eigenvalue weighted by atomic mass is 9.95. The van der Waals surface area contributed by atoms with Gasteiger partial charge < -0.3 is 10.1 Å². The molecular weight excluding hydrogens is 349 g/mol. The number of carbonyl (C=O) groups excluding carboxylic acids is 3. The SMILES string of the molecule is CC(C)(C)C(=O)Nc1ccc(C(=O)COC(=O)Cc2ccc(F)cc2)cc1. The molecule has 2 rings (SSSR count). The van der Waals surface area contributed by atoms with Gasteiger partial charge in [0.15, 0.2) is 12.4 Å². The first-order valence-corrected chi connectivity index (χ1v) is 8.50. The monoisotopic (exact) mass is 371 g/mol. The van der Waals surface area contributed by atoms with Crippen LogP contribution in [0.3, 0.4) is 0 Å². The summed E-state index contributed by atoms with van der Waals surface area (Å²) in [7, 11) is 0. The van der Waals surface area contributed by atoms with Crippen molar-refractivity contribution in [3.63, 3.8) is 0 Å². The molecule has 0 radical (unpaired) electrons. The van der Waals surface area contributed by atoms with Crippen LogP contribution in [0.4, 0.5) is 10.1 Å². The van der Waals surface area contributed by atoms with Gasteiger partial charge in [0, 0.05) is 16.7 Å². The maximum absolute atomic E-state index is 12.8. The molecular formula is C21H22FNO4. The van der Waals surface area contributed by atoms with E-state index in [1.165, 1.54) is 24.3 Å². The first-order valence-electron chi connectivity index (χ1n) is 8.50. The molecule has 0 unspecified atom stereocenters. The van der Waals surface area contributed by atoms with Crippen molar-refractivity contribution in [2.24, 2.45) is 5.41 Å². The molecule has 2 aromatic carbocycles. The number of anilines is 1. The molecule has 0 heterocycles. The molecule has 0 aliphatic heterocycles. The Morgan fingerprint density at radius 3 is 2.11 bits per heavy atom. The van der Waals surface area contributed by atoms with E-state index in [1.54, 1.807) is 45.0 Å². The van der Waals surface area contributed by atoms with Gasteiger partial charge in [-0.05, 0) is 42.0 Å². The molecule has 0 aliphatic rings. The number of ketones is 1. The minimum absolute atomic E-state index is 0.0364. The normalized spacial score (nSPS) is 11.0. The Labute approximate surface area is 157 Å². The van der Waals surface area contributed by atoms with Crippen LogP contribution in [0.15, 0.2) is 48.5 Å². The highest BCUT2D eigenvalue weighted by Crippen LogP contribution is 2.18. The van der Waals surface area contributed by atoms with Gasteiger partial charge in [0.05, 0.1) is 6.42 Å². The lowest BCUT2D eigenvalue weighted by Crippen LogP contribution is -2.27. The highest BCUT2D eigenvalue weighted by atomic mass is 19.1. The Morgan fingerprint density at radius 2 is 1.56 bits per heavy atom. The van der Waals surface area contributed by atoms with E-state index in [0.29, 0.717) is 16.8 Å². The van der Waals surface area contributed by atoms with Gasteiger partial charge in [-0.15, -0.1) is 0 Å². The van der Waals surface area contributed by atoms with Crippen LogP contribution < -0.4 is 5.32 Å². The second-order valence-corrected chi connectivity index (χ2v) is 7.17. The molecule has 0 saturated carbocycles. The van der Waals surface area contributed by atoms with Crippen molar-refractivity contribution in [1.29, 1.82) is 0 Å². The summed E-state index contributed by atoms with van der Waals surface area (Å²) in [5, 5.41) is 2.77. The molecule has 27 heavy (non-hydrogen) atoms. The van der Waals surface area contributed by atoms with Gasteiger partial charge in [-0.25, -0.2) is 4.39 Å². The molecule has 0 fully saturated rings. The third-order valence-corrected chi connectivity index (χ3v) is 3.77. The largest absolute Gasteiger partial charge is 0.457 e. The van der Waals surface area contributed by atoms with Crippen LogP contribution in [-0.4, -0.2) is 24.3 Å². The number of carbonyl (C=O) groups is 3. The average molecular weight is 371 g/mol. The maximum Gasteiger partial charge on any atom is 0.310 e. The van der Waals surface area contributed by atoms with Gasteiger partial charge >= 0.3 is 5.97 Å². The topological polar surface area (TPSA) is 72.5 Å². The third kappa shape index (κ3) is 6.33. The van der Waals surface area contributed by atoms with Gasteiger partial charge in [-0.1, -0.05) is 32.9 Å². The Kier molecular flexibility index (Phi) is 6.45. The number of benzene rings is 2. The van der Waals surface area contributed by atoms with E-state index in [9.17, 15) is 18.8 Å². The molecule has 0 aliphatic carbocycles. The molecule has 0 saturated heterocycles. The fourth-order valence-electron chi connectivity index (χ4n) is 2.11. The van der Waals surface area contributed by atoms with Crippen LogP contribution in [0.1, 0.15) is 36.7 Å².